The molecule has 2 heteroatoms. The molecule has 1 atom stereocenters. The minimum absolute atomic E-state index is 0.160. The van der Waals surface area contributed by atoms with E-state index in [1.165, 1.54) is 11.1 Å². The second-order valence-electron chi connectivity index (χ2n) is 5.41. The summed E-state index contributed by atoms with van der Waals surface area (Å²) in [5.74, 6) is 0. The Balaban J connectivity index is 2.34. The van der Waals surface area contributed by atoms with Gasteiger partial charge in [-0.2, -0.15) is 0 Å². The molecule has 2 aromatic rings. The average molecular weight is 271 g/mol. The molecule has 2 nitrogen and oxygen atoms in total. The lowest BCUT2D eigenvalue weighted by Gasteiger charge is -2.40. The molecule has 0 spiro atoms. The molecular weight excluding hydrogens is 246 g/mol. The van der Waals surface area contributed by atoms with Gasteiger partial charge in [-0.05, 0) is 43.5 Å². The lowest BCUT2D eigenvalue weighted by Crippen LogP contribution is -2.48. The monoisotopic (exact) mass is 271 g/mol. The van der Waals surface area contributed by atoms with Crippen LogP contribution in [-0.4, -0.2) is 13.1 Å². The lowest BCUT2D eigenvalue weighted by molar-refractivity contribution is 0.280. The summed E-state index contributed by atoms with van der Waals surface area (Å²) in [6.45, 7) is 4.58. The number of hydrogen-bond acceptors (Lipinski definition) is 2. The molecule has 20 heavy (non-hydrogen) atoms. The normalized spacial score (nSPS) is 13.3. The largest absolute Gasteiger partial charge is 0.472 e. The van der Waals surface area contributed by atoms with Gasteiger partial charge in [-0.3, -0.25) is 0 Å². The number of benzene rings is 1. The van der Waals surface area contributed by atoms with Crippen molar-refractivity contribution in [3.8, 4) is 0 Å². The molecule has 1 heterocycles. The highest BCUT2D eigenvalue weighted by molar-refractivity contribution is 5.29. The first kappa shape index (κ1) is 14.9. The van der Waals surface area contributed by atoms with Gasteiger partial charge in [-0.25, -0.2) is 0 Å². The van der Waals surface area contributed by atoms with Crippen molar-refractivity contribution in [3.05, 3.63) is 60.1 Å². The zero-order valence-corrected chi connectivity index (χ0v) is 12.7. The van der Waals surface area contributed by atoms with Gasteiger partial charge in [0.05, 0.1) is 12.5 Å². The minimum atomic E-state index is 0.160. The highest BCUT2D eigenvalue weighted by Crippen LogP contribution is 2.36. The standard InChI is InChI=1S/C18H25NO/c1-4-18(5-2,16-9-7-6-8-10-16)17(19-3)13-15-11-12-20-14-15/h6-12,14,17,19H,4-5,13H2,1-3H3. The molecule has 0 saturated heterocycles. The molecule has 0 saturated carbocycles. The van der Waals surface area contributed by atoms with E-state index in [1.807, 2.05) is 6.26 Å². The summed E-state index contributed by atoms with van der Waals surface area (Å²) in [4.78, 5) is 0. The van der Waals surface area contributed by atoms with E-state index in [4.69, 9.17) is 4.42 Å². The fourth-order valence-electron chi connectivity index (χ4n) is 3.34. The summed E-state index contributed by atoms with van der Waals surface area (Å²) in [5, 5.41) is 3.54. The van der Waals surface area contributed by atoms with Crippen molar-refractivity contribution >= 4 is 0 Å². The Bertz CT molecular complexity index is 485. The maximum Gasteiger partial charge on any atom is 0.0935 e. The van der Waals surface area contributed by atoms with Crippen LogP contribution in [0.1, 0.15) is 37.8 Å². The summed E-state index contributed by atoms with van der Waals surface area (Å²) in [5.41, 5.74) is 2.84. The number of likely N-dealkylation sites (N-methyl/N-ethyl adjacent to an activating group) is 1. The van der Waals surface area contributed by atoms with E-state index in [9.17, 15) is 0 Å². The fraction of sp³-hybridized carbons (Fsp3) is 0.444. The minimum Gasteiger partial charge on any atom is -0.472 e. The predicted molar refractivity (Wildman–Crippen MR) is 84.0 cm³/mol. The Morgan fingerprint density at radius 2 is 1.80 bits per heavy atom. The third-order valence-electron chi connectivity index (χ3n) is 4.65. The number of rotatable bonds is 7. The predicted octanol–water partition coefficient (Wildman–Crippen LogP) is 4.17. The molecule has 0 amide bonds. The van der Waals surface area contributed by atoms with Crippen LogP contribution in [0.5, 0.6) is 0 Å². The molecule has 1 aromatic carbocycles. The van der Waals surface area contributed by atoms with Crippen LogP contribution in [0.2, 0.25) is 0 Å². The second-order valence-corrected chi connectivity index (χ2v) is 5.41. The molecule has 1 unspecified atom stereocenters. The first-order valence-electron chi connectivity index (χ1n) is 7.50. The fourth-order valence-corrected chi connectivity index (χ4v) is 3.34. The van der Waals surface area contributed by atoms with Crippen LogP contribution in [0.15, 0.2) is 53.3 Å². The Morgan fingerprint density at radius 3 is 2.30 bits per heavy atom. The maximum absolute atomic E-state index is 5.22. The van der Waals surface area contributed by atoms with Gasteiger partial charge in [0.1, 0.15) is 0 Å². The van der Waals surface area contributed by atoms with Crippen LogP contribution in [0.4, 0.5) is 0 Å². The molecule has 1 N–H and O–H groups in total. The molecule has 0 aliphatic heterocycles. The van der Waals surface area contributed by atoms with Crippen LogP contribution >= 0.6 is 0 Å². The quantitative estimate of drug-likeness (QED) is 0.817. The van der Waals surface area contributed by atoms with Gasteiger partial charge in [-0.15, -0.1) is 0 Å². The Hall–Kier alpha value is -1.54. The highest BCUT2D eigenvalue weighted by Gasteiger charge is 2.36. The second kappa shape index (κ2) is 6.76. The van der Waals surface area contributed by atoms with Gasteiger partial charge in [0, 0.05) is 11.5 Å². The zero-order valence-electron chi connectivity index (χ0n) is 12.7. The van der Waals surface area contributed by atoms with Gasteiger partial charge in [0.2, 0.25) is 0 Å². The van der Waals surface area contributed by atoms with Crippen molar-refractivity contribution in [2.45, 2.75) is 44.6 Å². The number of hydrogen-bond donors (Lipinski definition) is 1. The Labute approximate surface area is 122 Å². The SMILES string of the molecule is CCC(CC)(c1ccccc1)C(Cc1ccoc1)NC. The topological polar surface area (TPSA) is 25.2 Å². The van der Waals surface area contributed by atoms with Crippen molar-refractivity contribution < 1.29 is 4.42 Å². The van der Waals surface area contributed by atoms with E-state index in [0.717, 1.165) is 19.3 Å². The molecule has 108 valence electrons. The molecular formula is C18H25NO. The first-order valence-corrected chi connectivity index (χ1v) is 7.50. The van der Waals surface area contributed by atoms with Crippen molar-refractivity contribution in [1.82, 2.24) is 5.32 Å². The van der Waals surface area contributed by atoms with Gasteiger partial charge in [0.25, 0.3) is 0 Å². The Kier molecular flexibility index (Phi) is 5.02. The molecule has 2 rings (SSSR count). The number of furan rings is 1. The maximum atomic E-state index is 5.22. The van der Waals surface area contributed by atoms with Crippen LogP contribution in [0.25, 0.3) is 0 Å². The summed E-state index contributed by atoms with van der Waals surface area (Å²) in [6.07, 6.45) is 6.84. The summed E-state index contributed by atoms with van der Waals surface area (Å²) >= 11 is 0. The van der Waals surface area contributed by atoms with E-state index < -0.39 is 0 Å². The third-order valence-corrected chi connectivity index (χ3v) is 4.65. The summed E-state index contributed by atoms with van der Waals surface area (Å²) in [7, 11) is 2.06. The van der Waals surface area contributed by atoms with E-state index >= 15 is 0 Å². The van der Waals surface area contributed by atoms with Crippen molar-refractivity contribution in [1.29, 1.82) is 0 Å². The molecule has 0 fully saturated rings. The number of nitrogens with one attached hydrogen (secondary N) is 1. The van der Waals surface area contributed by atoms with Crippen LogP contribution in [-0.2, 0) is 11.8 Å². The lowest BCUT2D eigenvalue weighted by atomic mass is 9.68. The molecule has 0 bridgehead atoms. The van der Waals surface area contributed by atoms with E-state index in [2.05, 4.69) is 62.6 Å². The van der Waals surface area contributed by atoms with Crippen molar-refractivity contribution in [2.24, 2.45) is 0 Å². The van der Waals surface area contributed by atoms with Crippen LogP contribution < -0.4 is 5.32 Å². The average Bonchev–Trinajstić information content (AvgIpc) is 3.02. The smallest absolute Gasteiger partial charge is 0.0935 e. The van der Waals surface area contributed by atoms with E-state index in [-0.39, 0.29) is 5.41 Å². The van der Waals surface area contributed by atoms with Crippen LogP contribution in [0, 0.1) is 0 Å². The van der Waals surface area contributed by atoms with Crippen LogP contribution in [0.3, 0.4) is 0 Å². The van der Waals surface area contributed by atoms with Gasteiger partial charge in [-0.1, -0.05) is 44.2 Å². The molecule has 0 radical (unpaired) electrons. The van der Waals surface area contributed by atoms with Gasteiger partial charge < -0.3 is 9.73 Å². The highest BCUT2D eigenvalue weighted by atomic mass is 16.3. The van der Waals surface area contributed by atoms with E-state index in [0.29, 0.717) is 6.04 Å². The first-order chi connectivity index (χ1) is 9.76. The van der Waals surface area contributed by atoms with E-state index in [1.54, 1.807) is 6.26 Å². The molecule has 0 aliphatic rings. The summed E-state index contributed by atoms with van der Waals surface area (Å²) in [6, 6.07) is 13.3. The van der Waals surface area contributed by atoms with Gasteiger partial charge in [0.15, 0.2) is 0 Å². The Morgan fingerprint density at radius 1 is 1.10 bits per heavy atom. The van der Waals surface area contributed by atoms with Gasteiger partial charge >= 0.3 is 0 Å². The zero-order chi connectivity index (χ0) is 14.4. The summed E-state index contributed by atoms with van der Waals surface area (Å²) < 4.78 is 5.22. The molecule has 1 aromatic heterocycles. The molecule has 0 aliphatic carbocycles. The van der Waals surface area contributed by atoms with Crippen molar-refractivity contribution in [2.75, 3.05) is 7.05 Å². The van der Waals surface area contributed by atoms with Crippen molar-refractivity contribution in [3.63, 3.8) is 0 Å². The third kappa shape index (κ3) is 2.80.